The van der Waals surface area contributed by atoms with Gasteiger partial charge in [0.2, 0.25) is 5.88 Å². The molecule has 0 amide bonds. The predicted octanol–water partition coefficient (Wildman–Crippen LogP) is 3.58. The Hall–Kier alpha value is -4.25. The van der Waals surface area contributed by atoms with Crippen molar-refractivity contribution in [3.63, 3.8) is 0 Å². The minimum atomic E-state index is -0.848. The van der Waals surface area contributed by atoms with Gasteiger partial charge in [-0.1, -0.05) is 18.2 Å². The Balaban J connectivity index is 1.88. The number of aryl methyl sites for hydroxylation is 1. The minimum Gasteiger partial charge on any atom is -0.493 e. The maximum Gasteiger partial charge on any atom is 0.259 e. The number of hydrogen-bond acceptors (Lipinski definition) is 6. The van der Waals surface area contributed by atoms with Crippen molar-refractivity contribution >= 4 is 0 Å². The molecule has 2 N–H and O–H groups in total. The molecule has 0 spiro atoms. The van der Waals surface area contributed by atoms with Gasteiger partial charge in [-0.3, -0.25) is 4.79 Å². The molecule has 0 fully saturated rings. The van der Waals surface area contributed by atoms with Crippen LogP contribution in [0.4, 0.5) is 4.39 Å². The fourth-order valence-electron chi connectivity index (χ4n) is 4.06. The van der Waals surface area contributed by atoms with E-state index in [0.29, 0.717) is 22.8 Å². The van der Waals surface area contributed by atoms with Crippen molar-refractivity contribution in [3.05, 3.63) is 98.5 Å². The Morgan fingerprint density at radius 2 is 1.91 bits per heavy atom. The molecule has 2 aromatic carbocycles. The molecular weight excluding hydrogens is 425 g/mol. The molecule has 0 saturated carbocycles. The third-order valence-corrected chi connectivity index (χ3v) is 5.66. The Morgan fingerprint density at radius 3 is 2.58 bits per heavy atom. The van der Waals surface area contributed by atoms with Crippen LogP contribution in [0.5, 0.6) is 17.2 Å². The summed E-state index contributed by atoms with van der Waals surface area (Å²) in [6.45, 7) is 2.03. The Morgan fingerprint density at radius 1 is 1.15 bits per heavy atom. The standard InChI is InChI=1S/C25H22FN3O4/c1-14-9-21-23(22(18(12-27)24(28)33-21)16-5-4-6-17(26)11-16)25(30)29(14)13-15-7-8-19(31-2)20(10-15)32-3/h4-11,22H,13,28H2,1-3H3/t22-/m1/s1. The zero-order chi connectivity index (χ0) is 23.7. The van der Waals surface area contributed by atoms with Crippen molar-refractivity contribution < 1.29 is 18.6 Å². The molecule has 1 aliphatic heterocycles. The molecule has 7 nitrogen and oxygen atoms in total. The van der Waals surface area contributed by atoms with Crippen LogP contribution in [0.25, 0.3) is 0 Å². The van der Waals surface area contributed by atoms with E-state index < -0.39 is 11.7 Å². The number of pyridine rings is 1. The number of nitriles is 1. The summed E-state index contributed by atoms with van der Waals surface area (Å²) < 4.78 is 31.9. The first-order valence-corrected chi connectivity index (χ1v) is 10.2. The SMILES string of the molecule is COc1ccc(Cn2c(C)cc3c(c2=O)[C@H](c2cccc(F)c2)C(C#N)=C(N)O3)cc1OC. The van der Waals surface area contributed by atoms with Crippen LogP contribution in [0.2, 0.25) is 0 Å². The fourth-order valence-corrected chi connectivity index (χ4v) is 4.06. The molecule has 0 radical (unpaired) electrons. The molecular formula is C25H22FN3O4. The summed E-state index contributed by atoms with van der Waals surface area (Å²) in [6, 6.07) is 14.9. The van der Waals surface area contributed by atoms with Crippen LogP contribution >= 0.6 is 0 Å². The van der Waals surface area contributed by atoms with Gasteiger partial charge in [0.15, 0.2) is 11.5 Å². The first kappa shape index (κ1) is 22.0. The van der Waals surface area contributed by atoms with Gasteiger partial charge in [-0.25, -0.2) is 4.39 Å². The summed E-state index contributed by atoms with van der Waals surface area (Å²) >= 11 is 0. The van der Waals surface area contributed by atoms with E-state index in [0.717, 1.165) is 5.56 Å². The highest BCUT2D eigenvalue weighted by Crippen LogP contribution is 2.40. The van der Waals surface area contributed by atoms with E-state index in [4.69, 9.17) is 19.9 Å². The van der Waals surface area contributed by atoms with Crippen LogP contribution in [0.3, 0.4) is 0 Å². The van der Waals surface area contributed by atoms with Crippen molar-refractivity contribution in [2.45, 2.75) is 19.4 Å². The number of hydrogen-bond donors (Lipinski definition) is 1. The fraction of sp³-hybridized carbons (Fsp3) is 0.200. The maximum atomic E-state index is 14.0. The Bertz CT molecular complexity index is 1370. The second kappa shape index (κ2) is 8.71. The van der Waals surface area contributed by atoms with Gasteiger partial charge in [-0.2, -0.15) is 5.26 Å². The lowest BCUT2D eigenvalue weighted by atomic mass is 9.84. The largest absolute Gasteiger partial charge is 0.493 e. The van der Waals surface area contributed by atoms with Crippen molar-refractivity contribution in [3.8, 4) is 23.3 Å². The van der Waals surface area contributed by atoms with Crippen LogP contribution in [-0.4, -0.2) is 18.8 Å². The third kappa shape index (κ3) is 3.89. The lowest BCUT2D eigenvalue weighted by Gasteiger charge is -2.27. The molecule has 0 saturated heterocycles. The van der Waals surface area contributed by atoms with Gasteiger partial charge in [0, 0.05) is 11.8 Å². The number of rotatable bonds is 5. The van der Waals surface area contributed by atoms with E-state index in [1.165, 1.54) is 18.2 Å². The average Bonchev–Trinajstić information content (AvgIpc) is 2.80. The van der Waals surface area contributed by atoms with E-state index in [2.05, 4.69) is 0 Å². The van der Waals surface area contributed by atoms with Gasteiger partial charge in [0.1, 0.15) is 23.2 Å². The number of methoxy groups -OCH3 is 2. The van der Waals surface area contributed by atoms with Gasteiger partial charge >= 0.3 is 0 Å². The summed E-state index contributed by atoms with van der Waals surface area (Å²) in [5.41, 5.74) is 7.83. The molecule has 0 unspecified atom stereocenters. The Labute approximate surface area is 190 Å². The number of fused-ring (bicyclic) bond motifs is 1. The monoisotopic (exact) mass is 447 g/mol. The second-order valence-electron chi connectivity index (χ2n) is 7.62. The molecule has 0 aliphatic carbocycles. The van der Waals surface area contributed by atoms with Gasteiger partial charge in [0.05, 0.1) is 32.2 Å². The zero-order valence-corrected chi connectivity index (χ0v) is 18.4. The zero-order valence-electron chi connectivity index (χ0n) is 18.4. The molecule has 1 aromatic heterocycles. The number of ether oxygens (including phenoxy) is 3. The predicted molar refractivity (Wildman–Crippen MR) is 120 cm³/mol. The van der Waals surface area contributed by atoms with Gasteiger partial charge in [-0.15, -0.1) is 0 Å². The van der Waals surface area contributed by atoms with Crippen molar-refractivity contribution in [2.75, 3.05) is 14.2 Å². The third-order valence-electron chi connectivity index (χ3n) is 5.66. The lowest BCUT2D eigenvalue weighted by Crippen LogP contribution is -2.33. The number of halogens is 1. The van der Waals surface area contributed by atoms with Crippen LogP contribution in [0, 0.1) is 24.1 Å². The maximum absolute atomic E-state index is 14.0. The number of nitrogens with zero attached hydrogens (tertiary/aromatic N) is 2. The summed E-state index contributed by atoms with van der Waals surface area (Å²) in [6.07, 6.45) is 0. The summed E-state index contributed by atoms with van der Waals surface area (Å²) in [5.74, 6) is -0.0485. The number of nitrogens with two attached hydrogens (primary N) is 1. The van der Waals surface area contributed by atoms with Gasteiger partial charge in [-0.05, 0) is 42.3 Å². The van der Waals surface area contributed by atoms with E-state index in [1.54, 1.807) is 50.0 Å². The minimum absolute atomic E-state index is 0.0618. The van der Waals surface area contributed by atoms with Crippen LogP contribution in [0.1, 0.15) is 28.3 Å². The summed E-state index contributed by atoms with van der Waals surface area (Å²) in [4.78, 5) is 13.7. The normalized spacial score (nSPS) is 14.8. The topological polar surface area (TPSA) is 99.5 Å². The highest BCUT2D eigenvalue weighted by Gasteiger charge is 2.34. The molecule has 33 heavy (non-hydrogen) atoms. The molecule has 3 aromatic rings. The molecule has 4 rings (SSSR count). The first-order chi connectivity index (χ1) is 15.9. The van der Waals surface area contributed by atoms with Crippen LogP contribution in [-0.2, 0) is 6.54 Å². The van der Waals surface area contributed by atoms with E-state index in [1.807, 2.05) is 12.1 Å². The summed E-state index contributed by atoms with van der Waals surface area (Å²) in [5, 5.41) is 9.75. The molecule has 8 heteroatoms. The van der Waals surface area contributed by atoms with E-state index in [-0.39, 0.29) is 34.9 Å². The first-order valence-electron chi connectivity index (χ1n) is 10.2. The van der Waals surface area contributed by atoms with Crippen molar-refractivity contribution in [1.82, 2.24) is 4.57 Å². The van der Waals surface area contributed by atoms with Crippen molar-refractivity contribution in [1.29, 1.82) is 5.26 Å². The molecule has 168 valence electrons. The second-order valence-corrected chi connectivity index (χ2v) is 7.62. The smallest absolute Gasteiger partial charge is 0.259 e. The number of benzene rings is 2. The molecule has 1 aliphatic rings. The van der Waals surface area contributed by atoms with Crippen LogP contribution in [0.15, 0.2) is 64.8 Å². The number of aromatic nitrogens is 1. The Kier molecular flexibility index (Phi) is 5.80. The average molecular weight is 447 g/mol. The summed E-state index contributed by atoms with van der Waals surface area (Å²) in [7, 11) is 3.09. The molecule has 0 bridgehead atoms. The quantitative estimate of drug-likeness (QED) is 0.642. The van der Waals surface area contributed by atoms with E-state index >= 15 is 0 Å². The number of allylic oxidation sites excluding steroid dienone is 1. The van der Waals surface area contributed by atoms with Gasteiger partial charge in [0.25, 0.3) is 5.56 Å². The molecule has 2 heterocycles. The molecule has 1 atom stereocenters. The van der Waals surface area contributed by atoms with E-state index in [9.17, 15) is 14.4 Å². The highest BCUT2D eigenvalue weighted by molar-refractivity contribution is 5.55. The van der Waals surface area contributed by atoms with Gasteiger partial charge < -0.3 is 24.5 Å². The lowest BCUT2D eigenvalue weighted by molar-refractivity contribution is 0.354. The highest BCUT2D eigenvalue weighted by atomic mass is 19.1. The van der Waals surface area contributed by atoms with Crippen molar-refractivity contribution in [2.24, 2.45) is 5.73 Å². The van der Waals surface area contributed by atoms with Crippen LogP contribution < -0.4 is 25.5 Å².